The second kappa shape index (κ2) is 8.22. The Morgan fingerprint density at radius 3 is 2.42 bits per heavy atom. The molecule has 0 spiro atoms. The fraction of sp³-hybridized carbons (Fsp3) is 0.158. The molecular weight excluding hydrogens is 340 g/mol. The van der Waals surface area contributed by atoms with Crippen LogP contribution in [0.5, 0.6) is 0 Å². The van der Waals surface area contributed by atoms with Crippen LogP contribution >= 0.6 is 23.5 Å². The van der Waals surface area contributed by atoms with Crippen molar-refractivity contribution in [2.24, 2.45) is 0 Å². The minimum absolute atomic E-state index is 0.221. The number of benzene rings is 1. The highest BCUT2D eigenvalue weighted by molar-refractivity contribution is 8.22. The van der Waals surface area contributed by atoms with Gasteiger partial charge >= 0.3 is 0 Å². The van der Waals surface area contributed by atoms with E-state index in [9.17, 15) is 9.59 Å². The van der Waals surface area contributed by atoms with Gasteiger partial charge in [-0.2, -0.15) is 0 Å². The standard InChI is InChI=1S/C19H16O3S2/c20-16(10-9-15-8-4-11-22-15)17(19-23-12-5-13-24-19)18(21)14-6-2-1-3-7-14/h1-4,6-11H,5,12-13H2/b10-9+. The van der Waals surface area contributed by atoms with Crippen LogP contribution in [0.15, 0.2) is 69.0 Å². The van der Waals surface area contributed by atoms with Gasteiger partial charge in [-0.15, -0.1) is 23.5 Å². The zero-order chi connectivity index (χ0) is 16.8. The highest BCUT2D eigenvalue weighted by atomic mass is 32.2. The van der Waals surface area contributed by atoms with E-state index >= 15 is 0 Å². The van der Waals surface area contributed by atoms with Crippen LogP contribution in [0.4, 0.5) is 0 Å². The van der Waals surface area contributed by atoms with E-state index in [1.807, 2.05) is 6.07 Å². The molecule has 5 heteroatoms. The van der Waals surface area contributed by atoms with Gasteiger partial charge in [-0.1, -0.05) is 30.3 Å². The SMILES string of the molecule is O=C(/C=C/c1ccco1)C(C(=O)c1ccccc1)=C1SCCCS1. The molecule has 0 saturated carbocycles. The maximum atomic E-state index is 12.9. The van der Waals surface area contributed by atoms with Gasteiger partial charge in [-0.05, 0) is 42.2 Å². The molecule has 122 valence electrons. The Balaban J connectivity index is 1.93. The van der Waals surface area contributed by atoms with Gasteiger partial charge in [-0.25, -0.2) is 0 Å². The second-order valence-corrected chi connectivity index (χ2v) is 7.59. The lowest BCUT2D eigenvalue weighted by atomic mass is 10.0. The molecule has 0 amide bonds. The fourth-order valence-corrected chi connectivity index (χ4v) is 4.88. The van der Waals surface area contributed by atoms with Crippen molar-refractivity contribution >= 4 is 41.2 Å². The number of hydrogen-bond donors (Lipinski definition) is 0. The van der Waals surface area contributed by atoms with E-state index in [1.54, 1.807) is 72.3 Å². The molecule has 2 aromatic rings. The summed E-state index contributed by atoms with van der Waals surface area (Å²) in [6.07, 6.45) is 5.64. The van der Waals surface area contributed by atoms with E-state index in [0.29, 0.717) is 11.3 Å². The monoisotopic (exact) mass is 356 g/mol. The largest absolute Gasteiger partial charge is 0.465 e. The summed E-state index contributed by atoms with van der Waals surface area (Å²) >= 11 is 3.18. The van der Waals surface area contributed by atoms with Gasteiger partial charge in [0.05, 0.1) is 16.1 Å². The van der Waals surface area contributed by atoms with Crippen LogP contribution in [-0.4, -0.2) is 23.1 Å². The second-order valence-electron chi connectivity index (χ2n) is 5.12. The number of furan rings is 1. The van der Waals surface area contributed by atoms with Gasteiger partial charge in [-0.3, -0.25) is 9.59 Å². The Morgan fingerprint density at radius 1 is 1.00 bits per heavy atom. The minimum atomic E-state index is -0.280. The molecule has 2 heterocycles. The summed E-state index contributed by atoms with van der Waals surface area (Å²) in [5, 5.41) is 0. The van der Waals surface area contributed by atoms with Crippen molar-refractivity contribution in [1.82, 2.24) is 0 Å². The third kappa shape index (κ3) is 4.10. The van der Waals surface area contributed by atoms with E-state index in [1.165, 1.54) is 6.08 Å². The summed E-state index contributed by atoms with van der Waals surface area (Å²) in [6, 6.07) is 12.5. The van der Waals surface area contributed by atoms with E-state index < -0.39 is 0 Å². The summed E-state index contributed by atoms with van der Waals surface area (Å²) < 4.78 is 6.03. The third-order valence-electron chi connectivity index (χ3n) is 3.41. The number of rotatable bonds is 5. The molecule has 0 aliphatic carbocycles. The Labute approximate surface area is 149 Å². The van der Waals surface area contributed by atoms with Crippen molar-refractivity contribution in [3.63, 3.8) is 0 Å². The lowest BCUT2D eigenvalue weighted by Crippen LogP contribution is -2.14. The topological polar surface area (TPSA) is 47.3 Å². The number of carbonyl (C=O) groups excluding carboxylic acids is 2. The molecular formula is C19H16O3S2. The van der Waals surface area contributed by atoms with E-state index in [4.69, 9.17) is 4.42 Å². The lowest BCUT2D eigenvalue weighted by molar-refractivity contribution is -0.111. The van der Waals surface area contributed by atoms with Crippen LogP contribution in [0, 0.1) is 0 Å². The van der Waals surface area contributed by atoms with Crippen molar-refractivity contribution in [3.05, 3.63) is 75.9 Å². The van der Waals surface area contributed by atoms with Crippen molar-refractivity contribution in [1.29, 1.82) is 0 Å². The first-order valence-corrected chi connectivity index (χ1v) is 9.58. The van der Waals surface area contributed by atoms with Crippen molar-refractivity contribution in [2.45, 2.75) is 6.42 Å². The first-order chi connectivity index (χ1) is 11.8. The average Bonchev–Trinajstić information content (AvgIpc) is 3.15. The smallest absolute Gasteiger partial charge is 0.198 e. The summed E-state index contributed by atoms with van der Waals surface area (Å²) in [5.41, 5.74) is 0.797. The minimum Gasteiger partial charge on any atom is -0.465 e. The molecule has 0 N–H and O–H groups in total. The Kier molecular flexibility index (Phi) is 5.77. The van der Waals surface area contributed by atoms with Crippen LogP contribution in [-0.2, 0) is 4.79 Å². The molecule has 0 atom stereocenters. The van der Waals surface area contributed by atoms with E-state index in [0.717, 1.165) is 22.2 Å². The molecule has 3 rings (SSSR count). The highest BCUT2D eigenvalue weighted by Gasteiger charge is 2.24. The first kappa shape index (κ1) is 16.9. The molecule has 1 aliphatic heterocycles. The summed E-state index contributed by atoms with van der Waals surface area (Å²) in [6.45, 7) is 0. The Bertz CT molecular complexity index is 766. The van der Waals surface area contributed by atoms with Crippen molar-refractivity contribution in [2.75, 3.05) is 11.5 Å². The predicted molar refractivity (Wildman–Crippen MR) is 100 cm³/mol. The lowest BCUT2D eigenvalue weighted by Gasteiger charge is -2.16. The van der Waals surface area contributed by atoms with Crippen molar-refractivity contribution in [3.8, 4) is 0 Å². The molecule has 1 fully saturated rings. The maximum Gasteiger partial charge on any atom is 0.198 e. The van der Waals surface area contributed by atoms with Crippen molar-refractivity contribution < 1.29 is 14.0 Å². The van der Waals surface area contributed by atoms with Crippen LogP contribution in [0.25, 0.3) is 6.08 Å². The molecule has 24 heavy (non-hydrogen) atoms. The molecule has 1 aliphatic rings. The number of ketones is 2. The summed E-state index contributed by atoms with van der Waals surface area (Å²) in [5.74, 6) is 1.95. The molecule has 0 bridgehead atoms. The molecule has 1 saturated heterocycles. The molecule has 0 radical (unpaired) electrons. The van der Waals surface area contributed by atoms with E-state index in [2.05, 4.69) is 0 Å². The van der Waals surface area contributed by atoms with Crippen LogP contribution in [0.3, 0.4) is 0 Å². The molecule has 3 nitrogen and oxygen atoms in total. The van der Waals surface area contributed by atoms with Gasteiger partial charge < -0.3 is 4.42 Å². The van der Waals surface area contributed by atoms with Gasteiger partial charge in [0.2, 0.25) is 0 Å². The van der Waals surface area contributed by atoms with Crippen LogP contribution < -0.4 is 0 Å². The number of carbonyl (C=O) groups is 2. The number of thioether (sulfide) groups is 2. The van der Waals surface area contributed by atoms with Crippen LogP contribution in [0.2, 0.25) is 0 Å². The van der Waals surface area contributed by atoms with E-state index in [-0.39, 0.29) is 17.1 Å². The maximum absolute atomic E-state index is 12.9. The first-order valence-electron chi connectivity index (χ1n) is 7.61. The normalized spacial score (nSPS) is 14.8. The average molecular weight is 356 g/mol. The zero-order valence-electron chi connectivity index (χ0n) is 12.9. The van der Waals surface area contributed by atoms with Crippen LogP contribution in [0.1, 0.15) is 22.5 Å². The number of hydrogen-bond acceptors (Lipinski definition) is 5. The third-order valence-corrected chi connectivity index (χ3v) is 6.04. The highest BCUT2D eigenvalue weighted by Crippen LogP contribution is 2.38. The van der Waals surface area contributed by atoms with Gasteiger partial charge in [0.15, 0.2) is 11.6 Å². The zero-order valence-corrected chi connectivity index (χ0v) is 14.6. The fourth-order valence-electron chi connectivity index (χ4n) is 2.24. The summed E-state index contributed by atoms with van der Waals surface area (Å²) in [7, 11) is 0. The molecule has 1 aromatic heterocycles. The summed E-state index contributed by atoms with van der Waals surface area (Å²) in [4.78, 5) is 25.6. The molecule has 0 unspecified atom stereocenters. The predicted octanol–water partition coefficient (Wildman–Crippen LogP) is 4.83. The Hall–Kier alpha value is -1.98. The quantitative estimate of drug-likeness (QED) is 0.332. The van der Waals surface area contributed by atoms with Gasteiger partial charge in [0.1, 0.15) is 5.76 Å². The Morgan fingerprint density at radius 2 is 1.75 bits per heavy atom. The number of Topliss-reactive ketones (excluding diaryl/α,β-unsaturated/α-hetero) is 1. The van der Waals surface area contributed by atoms with Gasteiger partial charge in [0.25, 0.3) is 0 Å². The number of allylic oxidation sites excluding steroid dienone is 2. The molecule has 1 aromatic carbocycles. The van der Waals surface area contributed by atoms with Gasteiger partial charge in [0, 0.05) is 5.56 Å².